The Hall–Kier alpha value is -1.81. The van der Waals surface area contributed by atoms with Gasteiger partial charge in [0.2, 0.25) is 0 Å². The second kappa shape index (κ2) is 4.70. The largest absolute Gasteiger partial charge is 0.398 e. The zero-order valence-corrected chi connectivity index (χ0v) is 11.6. The van der Waals surface area contributed by atoms with Crippen LogP contribution in [-0.4, -0.2) is 12.5 Å². The number of hydrogen-bond donors (Lipinski definition) is 2. The van der Waals surface area contributed by atoms with E-state index in [1.54, 1.807) is 6.07 Å². The summed E-state index contributed by atoms with van der Waals surface area (Å²) in [6.07, 6.45) is 1.06. The predicted octanol–water partition coefficient (Wildman–Crippen LogP) is 2.71. The fourth-order valence-corrected chi connectivity index (χ4v) is 3.31. The number of nitrogen functional groups attached to an aromatic ring is 1. The molecule has 0 radical (unpaired) electrons. The summed E-state index contributed by atoms with van der Waals surface area (Å²) in [5, 5.41) is 3.00. The van der Waals surface area contributed by atoms with E-state index in [0.717, 1.165) is 11.3 Å². The molecule has 1 amide bonds. The molecule has 1 atom stereocenters. The van der Waals surface area contributed by atoms with Gasteiger partial charge in [0, 0.05) is 23.0 Å². The van der Waals surface area contributed by atoms with E-state index < -0.39 is 0 Å². The zero-order chi connectivity index (χ0) is 13.4. The maximum Gasteiger partial charge on any atom is 0.261 e. The lowest BCUT2D eigenvalue weighted by Gasteiger charge is -2.30. The molecule has 0 saturated heterocycles. The van der Waals surface area contributed by atoms with Crippen LogP contribution in [0.4, 0.5) is 5.69 Å². The molecule has 4 heteroatoms. The summed E-state index contributed by atoms with van der Waals surface area (Å²) in [5.74, 6) is 0.438. The molecule has 0 spiro atoms. The van der Waals surface area contributed by atoms with Crippen molar-refractivity contribution in [1.29, 1.82) is 0 Å². The summed E-state index contributed by atoms with van der Waals surface area (Å²) in [4.78, 5) is 13.7. The van der Waals surface area contributed by atoms with Crippen LogP contribution in [0, 0.1) is 6.92 Å². The highest BCUT2D eigenvalue weighted by Crippen LogP contribution is 2.34. The molecule has 1 unspecified atom stereocenters. The molecule has 19 heavy (non-hydrogen) atoms. The lowest BCUT2D eigenvalue weighted by Crippen LogP contribution is -2.32. The first-order valence-corrected chi connectivity index (χ1v) is 7.18. The van der Waals surface area contributed by atoms with Crippen LogP contribution < -0.4 is 11.1 Å². The van der Waals surface area contributed by atoms with Gasteiger partial charge in [-0.1, -0.05) is 24.3 Å². The summed E-state index contributed by atoms with van der Waals surface area (Å²) in [6.45, 7) is 2.63. The lowest BCUT2D eigenvalue weighted by atomic mass is 9.77. The van der Waals surface area contributed by atoms with E-state index in [0.29, 0.717) is 23.0 Å². The maximum atomic E-state index is 12.0. The van der Waals surface area contributed by atoms with Crippen LogP contribution in [0.3, 0.4) is 0 Å². The highest BCUT2D eigenvalue weighted by molar-refractivity contribution is 7.14. The van der Waals surface area contributed by atoms with Gasteiger partial charge in [0.05, 0.1) is 4.88 Å². The Labute approximate surface area is 116 Å². The smallest absolute Gasteiger partial charge is 0.261 e. The molecule has 0 fully saturated rings. The monoisotopic (exact) mass is 272 g/mol. The summed E-state index contributed by atoms with van der Waals surface area (Å²) in [5.41, 5.74) is 9.23. The summed E-state index contributed by atoms with van der Waals surface area (Å²) in [6, 6.07) is 10.2. The third-order valence-corrected chi connectivity index (χ3v) is 4.72. The van der Waals surface area contributed by atoms with Crippen LogP contribution in [0.15, 0.2) is 30.3 Å². The average molecular weight is 272 g/mol. The van der Waals surface area contributed by atoms with Crippen LogP contribution in [0.2, 0.25) is 0 Å². The number of nitrogens with two attached hydrogens (primary N) is 1. The Morgan fingerprint density at radius 3 is 2.95 bits per heavy atom. The van der Waals surface area contributed by atoms with Crippen molar-refractivity contribution in [3.05, 3.63) is 51.2 Å². The van der Waals surface area contributed by atoms with Gasteiger partial charge in [-0.05, 0) is 30.5 Å². The second-order valence-corrected chi connectivity index (χ2v) is 6.19. The van der Waals surface area contributed by atoms with Crippen molar-refractivity contribution >= 4 is 22.9 Å². The fourth-order valence-electron chi connectivity index (χ4n) is 2.46. The minimum Gasteiger partial charge on any atom is -0.398 e. The Balaban J connectivity index is 1.61. The first-order valence-electron chi connectivity index (χ1n) is 6.37. The Kier molecular flexibility index (Phi) is 3.03. The van der Waals surface area contributed by atoms with Crippen molar-refractivity contribution in [2.24, 2.45) is 0 Å². The Morgan fingerprint density at radius 2 is 2.26 bits per heavy atom. The van der Waals surface area contributed by atoms with E-state index in [1.807, 2.05) is 6.92 Å². The molecule has 1 aromatic carbocycles. The van der Waals surface area contributed by atoms with E-state index >= 15 is 0 Å². The number of fused-ring (bicyclic) bond motifs is 1. The van der Waals surface area contributed by atoms with Gasteiger partial charge in [-0.15, -0.1) is 11.3 Å². The van der Waals surface area contributed by atoms with Gasteiger partial charge in [0.25, 0.3) is 5.91 Å². The number of anilines is 1. The molecule has 0 aliphatic heterocycles. The molecule has 2 aromatic rings. The summed E-state index contributed by atoms with van der Waals surface area (Å²) in [7, 11) is 0. The normalized spacial score (nSPS) is 16.6. The second-order valence-electron chi connectivity index (χ2n) is 4.93. The molecule has 0 saturated carbocycles. The van der Waals surface area contributed by atoms with E-state index in [2.05, 4.69) is 29.6 Å². The number of benzene rings is 1. The van der Waals surface area contributed by atoms with Crippen LogP contribution in [-0.2, 0) is 6.42 Å². The number of hydrogen-bond acceptors (Lipinski definition) is 3. The van der Waals surface area contributed by atoms with Crippen molar-refractivity contribution in [1.82, 2.24) is 5.32 Å². The van der Waals surface area contributed by atoms with Gasteiger partial charge in [-0.3, -0.25) is 4.79 Å². The molecule has 0 bridgehead atoms. The number of amides is 1. The molecule has 3 nitrogen and oxygen atoms in total. The number of rotatable bonds is 3. The van der Waals surface area contributed by atoms with Gasteiger partial charge in [-0.2, -0.15) is 0 Å². The fraction of sp³-hybridized carbons (Fsp3) is 0.267. The highest BCUT2D eigenvalue weighted by atomic mass is 32.1. The molecule has 1 heterocycles. The van der Waals surface area contributed by atoms with Crippen LogP contribution >= 0.6 is 11.3 Å². The number of carbonyl (C=O) groups is 1. The van der Waals surface area contributed by atoms with E-state index in [9.17, 15) is 4.79 Å². The van der Waals surface area contributed by atoms with Crippen LogP contribution in [0.25, 0.3) is 0 Å². The number of carbonyl (C=O) groups excluding carboxylic acids is 1. The van der Waals surface area contributed by atoms with Crippen LogP contribution in [0.1, 0.15) is 31.6 Å². The molecular weight excluding hydrogens is 256 g/mol. The minimum atomic E-state index is -0.0193. The van der Waals surface area contributed by atoms with Crippen LogP contribution in [0.5, 0.6) is 0 Å². The zero-order valence-electron chi connectivity index (χ0n) is 10.8. The van der Waals surface area contributed by atoms with Gasteiger partial charge < -0.3 is 11.1 Å². The Morgan fingerprint density at radius 1 is 1.47 bits per heavy atom. The topological polar surface area (TPSA) is 55.1 Å². The van der Waals surface area contributed by atoms with Gasteiger partial charge in [-0.25, -0.2) is 0 Å². The van der Waals surface area contributed by atoms with Crippen molar-refractivity contribution in [2.75, 3.05) is 12.3 Å². The highest BCUT2D eigenvalue weighted by Gasteiger charge is 2.25. The standard InChI is InChI=1S/C15H16N2OS/c1-9-13(16)7-14(19-9)15(18)17-8-11-6-10-4-2-3-5-12(10)11/h2-5,7,11H,6,8,16H2,1H3,(H,17,18). The number of nitrogens with one attached hydrogen (secondary N) is 1. The predicted molar refractivity (Wildman–Crippen MR) is 78.7 cm³/mol. The molecular formula is C15H16N2OS. The molecule has 1 aliphatic rings. The van der Waals surface area contributed by atoms with Gasteiger partial charge in [0.1, 0.15) is 0 Å². The van der Waals surface area contributed by atoms with E-state index in [1.165, 1.54) is 22.5 Å². The quantitative estimate of drug-likeness (QED) is 0.902. The van der Waals surface area contributed by atoms with Crippen molar-refractivity contribution in [3.8, 4) is 0 Å². The minimum absolute atomic E-state index is 0.0193. The van der Waals surface area contributed by atoms with Crippen molar-refractivity contribution in [3.63, 3.8) is 0 Å². The third-order valence-electron chi connectivity index (χ3n) is 3.65. The third kappa shape index (κ3) is 2.24. The van der Waals surface area contributed by atoms with E-state index in [4.69, 9.17) is 5.73 Å². The molecule has 1 aromatic heterocycles. The SMILES string of the molecule is Cc1sc(C(=O)NCC2Cc3ccccc32)cc1N. The van der Waals surface area contributed by atoms with Crippen molar-refractivity contribution in [2.45, 2.75) is 19.3 Å². The summed E-state index contributed by atoms with van der Waals surface area (Å²) >= 11 is 1.45. The summed E-state index contributed by atoms with van der Waals surface area (Å²) < 4.78 is 0. The molecule has 98 valence electrons. The first kappa shape index (κ1) is 12.2. The van der Waals surface area contributed by atoms with Crippen molar-refractivity contribution < 1.29 is 4.79 Å². The number of aryl methyl sites for hydroxylation is 1. The Bertz CT molecular complexity index is 613. The van der Waals surface area contributed by atoms with Gasteiger partial charge in [0.15, 0.2) is 0 Å². The molecule has 3 rings (SSSR count). The lowest BCUT2D eigenvalue weighted by molar-refractivity contribution is 0.0954. The molecule has 3 N–H and O–H groups in total. The maximum absolute atomic E-state index is 12.0. The average Bonchev–Trinajstić information content (AvgIpc) is 2.71. The van der Waals surface area contributed by atoms with Gasteiger partial charge >= 0.3 is 0 Å². The van der Waals surface area contributed by atoms with E-state index in [-0.39, 0.29) is 5.91 Å². The number of thiophene rings is 1. The first-order chi connectivity index (χ1) is 9.15. The molecule has 1 aliphatic carbocycles.